The second-order valence-electron chi connectivity index (χ2n) is 3.60. The molecule has 0 aromatic heterocycles. The van der Waals surface area contributed by atoms with Gasteiger partial charge in [-0.05, 0) is 13.3 Å². The quantitative estimate of drug-likeness (QED) is 0.773. The molecule has 0 radical (unpaired) electrons. The molecule has 1 atom stereocenters. The van der Waals surface area contributed by atoms with Gasteiger partial charge in [0.25, 0.3) is 0 Å². The zero-order valence-corrected chi connectivity index (χ0v) is 8.29. The zero-order valence-electron chi connectivity index (χ0n) is 8.29. The van der Waals surface area contributed by atoms with Crippen LogP contribution in [-0.2, 0) is 6.42 Å². The average molecular weight is 213 g/mol. The molecular weight excluding hydrogens is 201 g/mol. The van der Waals surface area contributed by atoms with E-state index in [9.17, 15) is 9.50 Å². The van der Waals surface area contributed by atoms with Gasteiger partial charge in [0.2, 0.25) is 6.79 Å². The number of fused-ring (bicyclic) bond motifs is 1. The summed E-state index contributed by atoms with van der Waals surface area (Å²) in [5.74, 6) is -0.404. The third-order valence-electron chi connectivity index (χ3n) is 2.21. The van der Waals surface area contributed by atoms with Gasteiger partial charge in [0, 0.05) is 17.7 Å². The first-order chi connectivity index (χ1) is 7.09. The molecule has 1 heterocycles. The summed E-state index contributed by atoms with van der Waals surface area (Å²) >= 11 is 0. The second kappa shape index (κ2) is 3.58. The van der Waals surface area contributed by atoms with Crippen molar-refractivity contribution in [3.05, 3.63) is 17.4 Å². The Kier molecular flexibility index (Phi) is 2.40. The first kappa shape index (κ1) is 10.0. The van der Waals surface area contributed by atoms with Gasteiger partial charge < -0.3 is 20.3 Å². The maximum atomic E-state index is 13.3. The number of nitrogens with two attached hydrogens (primary N) is 1. The molecule has 3 N–H and O–H groups in total. The summed E-state index contributed by atoms with van der Waals surface area (Å²) in [7, 11) is 0. The topological polar surface area (TPSA) is 64.7 Å². The van der Waals surface area contributed by atoms with Gasteiger partial charge in [-0.1, -0.05) is 0 Å². The van der Waals surface area contributed by atoms with Crippen LogP contribution < -0.4 is 15.2 Å². The fourth-order valence-electron chi connectivity index (χ4n) is 1.58. The number of ether oxygens (including phenoxy) is 2. The zero-order chi connectivity index (χ0) is 11.0. The van der Waals surface area contributed by atoms with Crippen molar-refractivity contribution in [1.82, 2.24) is 0 Å². The number of benzene rings is 1. The number of phenols is 1. The molecule has 0 amide bonds. The van der Waals surface area contributed by atoms with Crippen LogP contribution in [0.25, 0.3) is 0 Å². The number of hydrogen-bond donors (Lipinski definition) is 2. The summed E-state index contributed by atoms with van der Waals surface area (Å²) in [6, 6.07) is 0.925. The minimum atomic E-state index is -0.713. The molecule has 1 unspecified atom stereocenters. The van der Waals surface area contributed by atoms with E-state index in [1.54, 1.807) is 6.92 Å². The smallest absolute Gasteiger partial charge is 0.231 e. The van der Waals surface area contributed by atoms with Crippen LogP contribution in [0.5, 0.6) is 17.2 Å². The van der Waals surface area contributed by atoms with E-state index in [-0.39, 0.29) is 12.8 Å². The van der Waals surface area contributed by atoms with E-state index in [2.05, 4.69) is 0 Å². The third-order valence-corrected chi connectivity index (χ3v) is 2.21. The first-order valence-corrected chi connectivity index (χ1v) is 4.65. The van der Waals surface area contributed by atoms with Crippen LogP contribution in [0.2, 0.25) is 0 Å². The maximum Gasteiger partial charge on any atom is 0.231 e. The average Bonchev–Trinajstić information content (AvgIpc) is 2.59. The lowest BCUT2D eigenvalue weighted by Gasteiger charge is -2.11. The van der Waals surface area contributed by atoms with Gasteiger partial charge in [-0.2, -0.15) is 0 Å². The Labute approximate surface area is 86.4 Å². The van der Waals surface area contributed by atoms with Crippen molar-refractivity contribution in [2.75, 3.05) is 6.79 Å². The van der Waals surface area contributed by atoms with Crippen molar-refractivity contribution < 1.29 is 19.0 Å². The van der Waals surface area contributed by atoms with Crippen LogP contribution in [0.15, 0.2) is 6.07 Å². The molecule has 2 rings (SSSR count). The number of hydrogen-bond acceptors (Lipinski definition) is 4. The van der Waals surface area contributed by atoms with Crippen molar-refractivity contribution >= 4 is 0 Å². The monoisotopic (exact) mass is 213 g/mol. The maximum absolute atomic E-state index is 13.3. The Morgan fingerprint density at radius 3 is 3.00 bits per heavy atom. The summed E-state index contributed by atoms with van der Waals surface area (Å²) in [4.78, 5) is 0. The molecule has 1 aliphatic heterocycles. The van der Waals surface area contributed by atoms with Crippen molar-refractivity contribution in [1.29, 1.82) is 0 Å². The van der Waals surface area contributed by atoms with Crippen LogP contribution in [0.4, 0.5) is 4.39 Å². The minimum absolute atomic E-state index is 0.0458. The minimum Gasteiger partial charge on any atom is -0.505 e. The molecule has 5 heteroatoms. The molecule has 0 spiro atoms. The number of phenolic OH excluding ortho intramolecular Hbond substituents is 1. The van der Waals surface area contributed by atoms with Gasteiger partial charge >= 0.3 is 0 Å². The van der Waals surface area contributed by atoms with Gasteiger partial charge in [0.1, 0.15) is 0 Å². The van der Waals surface area contributed by atoms with E-state index in [0.29, 0.717) is 23.5 Å². The third kappa shape index (κ3) is 1.70. The van der Waals surface area contributed by atoms with E-state index in [1.165, 1.54) is 0 Å². The first-order valence-electron chi connectivity index (χ1n) is 4.65. The molecule has 0 saturated carbocycles. The fraction of sp³-hybridized carbons (Fsp3) is 0.400. The standard InChI is InChI=1S/C10H12FNO3/c1-5(12)2-6-9(13)7(11)3-8-10(6)15-4-14-8/h3,5,13H,2,4,12H2,1H3. The Morgan fingerprint density at radius 2 is 2.33 bits per heavy atom. The van der Waals surface area contributed by atoms with Gasteiger partial charge in [0.15, 0.2) is 23.1 Å². The Balaban J connectivity index is 2.50. The van der Waals surface area contributed by atoms with Crippen molar-refractivity contribution in [2.45, 2.75) is 19.4 Å². The van der Waals surface area contributed by atoms with Crippen LogP contribution in [0, 0.1) is 5.82 Å². The molecule has 0 saturated heterocycles. The van der Waals surface area contributed by atoms with E-state index < -0.39 is 11.6 Å². The molecule has 82 valence electrons. The fourth-order valence-corrected chi connectivity index (χ4v) is 1.58. The van der Waals surface area contributed by atoms with Crippen LogP contribution in [-0.4, -0.2) is 17.9 Å². The number of rotatable bonds is 2. The second-order valence-corrected chi connectivity index (χ2v) is 3.60. The highest BCUT2D eigenvalue weighted by Gasteiger charge is 2.24. The molecule has 15 heavy (non-hydrogen) atoms. The molecule has 1 aromatic rings. The summed E-state index contributed by atoms with van der Waals surface area (Å²) in [5.41, 5.74) is 5.98. The highest BCUT2D eigenvalue weighted by Crippen LogP contribution is 2.42. The van der Waals surface area contributed by atoms with Gasteiger partial charge in [-0.3, -0.25) is 0 Å². The van der Waals surface area contributed by atoms with Crippen molar-refractivity contribution in [3.63, 3.8) is 0 Å². The summed E-state index contributed by atoms with van der Waals surface area (Å²) < 4.78 is 23.5. The lowest BCUT2D eigenvalue weighted by atomic mass is 10.0. The molecule has 0 fully saturated rings. The predicted octanol–water partition coefficient (Wildman–Crippen LogP) is 1.15. The highest BCUT2D eigenvalue weighted by molar-refractivity contribution is 5.55. The molecule has 1 aromatic carbocycles. The Hall–Kier alpha value is -1.49. The largest absolute Gasteiger partial charge is 0.505 e. The molecular formula is C10H12FNO3. The summed E-state index contributed by atoms with van der Waals surface area (Å²) in [6.07, 6.45) is 0.343. The van der Waals surface area contributed by atoms with Gasteiger partial charge in [0.05, 0.1) is 0 Å². The van der Waals surface area contributed by atoms with Crippen molar-refractivity contribution in [2.24, 2.45) is 5.73 Å². The summed E-state index contributed by atoms with van der Waals surface area (Å²) in [5, 5.41) is 9.54. The van der Waals surface area contributed by atoms with Gasteiger partial charge in [-0.15, -0.1) is 0 Å². The number of aromatic hydroxyl groups is 1. The SMILES string of the molecule is CC(N)Cc1c(O)c(F)cc2c1OCO2. The normalized spacial score (nSPS) is 15.4. The van der Waals surface area contributed by atoms with Crippen LogP contribution in [0.1, 0.15) is 12.5 Å². The number of halogens is 1. The van der Waals surface area contributed by atoms with E-state index in [0.717, 1.165) is 6.07 Å². The van der Waals surface area contributed by atoms with E-state index >= 15 is 0 Å². The summed E-state index contributed by atoms with van der Waals surface area (Å²) in [6.45, 7) is 1.82. The molecule has 0 bridgehead atoms. The molecule has 0 aliphatic carbocycles. The lowest BCUT2D eigenvalue weighted by molar-refractivity contribution is 0.173. The van der Waals surface area contributed by atoms with E-state index in [4.69, 9.17) is 15.2 Å². The van der Waals surface area contributed by atoms with Gasteiger partial charge in [-0.25, -0.2) is 4.39 Å². The van der Waals surface area contributed by atoms with Crippen molar-refractivity contribution in [3.8, 4) is 17.2 Å². The Bertz CT molecular complexity index is 393. The van der Waals surface area contributed by atoms with Crippen LogP contribution in [0.3, 0.4) is 0 Å². The van der Waals surface area contributed by atoms with E-state index in [1.807, 2.05) is 0 Å². The highest BCUT2D eigenvalue weighted by atomic mass is 19.1. The lowest BCUT2D eigenvalue weighted by Crippen LogP contribution is -2.18. The molecule has 1 aliphatic rings. The Morgan fingerprint density at radius 1 is 1.60 bits per heavy atom. The predicted molar refractivity (Wildman–Crippen MR) is 51.5 cm³/mol. The molecule has 4 nitrogen and oxygen atoms in total. The van der Waals surface area contributed by atoms with Crippen LogP contribution >= 0.6 is 0 Å².